The topological polar surface area (TPSA) is 49.8 Å². The van der Waals surface area contributed by atoms with E-state index in [1.165, 1.54) is 0 Å². The molecule has 1 fully saturated rings. The average molecular weight is 300 g/mol. The van der Waals surface area contributed by atoms with E-state index >= 15 is 0 Å². The fraction of sp³-hybridized carbons (Fsp3) is 0.533. The molecule has 1 saturated heterocycles. The second kappa shape index (κ2) is 8.95. The predicted octanol–water partition coefficient (Wildman–Crippen LogP) is 2.42. The minimum atomic E-state index is -0.761. The number of aliphatic carboxylic acids is 1. The first-order valence-electron chi connectivity index (χ1n) is 6.80. The second-order valence-corrected chi connectivity index (χ2v) is 5.10. The molecule has 0 radical (unpaired) electrons. The standard InChI is InChI=1S/C15H21NO3.ClH/c17-15(18)12-16(10-13-4-2-1-3-5-13)11-14-6-8-19-9-7-14;/h1-5,14H,6-12H2,(H,17,18);1H. The van der Waals surface area contributed by atoms with Crippen molar-refractivity contribution in [1.82, 2.24) is 4.90 Å². The van der Waals surface area contributed by atoms with Gasteiger partial charge in [0.2, 0.25) is 0 Å². The lowest BCUT2D eigenvalue weighted by molar-refractivity contribution is -0.138. The summed E-state index contributed by atoms with van der Waals surface area (Å²) in [5.41, 5.74) is 1.16. The molecule has 0 aromatic heterocycles. The van der Waals surface area contributed by atoms with Crippen molar-refractivity contribution < 1.29 is 14.6 Å². The summed E-state index contributed by atoms with van der Waals surface area (Å²) in [6.07, 6.45) is 2.07. The van der Waals surface area contributed by atoms with Gasteiger partial charge in [0, 0.05) is 26.3 Å². The minimum Gasteiger partial charge on any atom is -0.480 e. The third-order valence-electron chi connectivity index (χ3n) is 3.47. The maximum absolute atomic E-state index is 11.0. The lowest BCUT2D eigenvalue weighted by atomic mass is 9.99. The van der Waals surface area contributed by atoms with E-state index in [0.717, 1.165) is 38.2 Å². The van der Waals surface area contributed by atoms with Crippen molar-refractivity contribution in [3.05, 3.63) is 35.9 Å². The number of ether oxygens (including phenoxy) is 1. The maximum atomic E-state index is 11.0. The van der Waals surface area contributed by atoms with Crippen LogP contribution in [-0.2, 0) is 16.1 Å². The molecule has 2 rings (SSSR count). The van der Waals surface area contributed by atoms with Gasteiger partial charge in [-0.1, -0.05) is 30.3 Å². The molecule has 5 heteroatoms. The average Bonchev–Trinajstić information content (AvgIpc) is 2.40. The van der Waals surface area contributed by atoms with Crippen molar-refractivity contribution in [1.29, 1.82) is 0 Å². The van der Waals surface area contributed by atoms with Gasteiger partial charge < -0.3 is 9.84 Å². The van der Waals surface area contributed by atoms with Crippen LogP contribution in [0.2, 0.25) is 0 Å². The summed E-state index contributed by atoms with van der Waals surface area (Å²) < 4.78 is 5.35. The van der Waals surface area contributed by atoms with Gasteiger partial charge in [0.05, 0.1) is 6.54 Å². The summed E-state index contributed by atoms with van der Waals surface area (Å²) in [4.78, 5) is 13.0. The number of nitrogens with zero attached hydrogens (tertiary/aromatic N) is 1. The molecule has 1 aromatic carbocycles. The van der Waals surface area contributed by atoms with Crippen LogP contribution in [0, 0.1) is 5.92 Å². The fourth-order valence-electron chi connectivity index (χ4n) is 2.51. The number of rotatable bonds is 6. The zero-order valence-electron chi connectivity index (χ0n) is 11.5. The van der Waals surface area contributed by atoms with Crippen LogP contribution in [0.15, 0.2) is 30.3 Å². The first-order valence-corrected chi connectivity index (χ1v) is 6.80. The van der Waals surface area contributed by atoms with E-state index in [1.54, 1.807) is 0 Å². The fourth-order valence-corrected chi connectivity index (χ4v) is 2.51. The van der Waals surface area contributed by atoms with Crippen LogP contribution in [0.3, 0.4) is 0 Å². The lowest BCUT2D eigenvalue weighted by Gasteiger charge is -2.28. The van der Waals surface area contributed by atoms with Gasteiger partial charge in [0.25, 0.3) is 0 Å². The van der Waals surface area contributed by atoms with Crippen LogP contribution < -0.4 is 0 Å². The molecule has 1 aliphatic heterocycles. The van der Waals surface area contributed by atoms with Crippen molar-refractivity contribution in [3.63, 3.8) is 0 Å². The number of hydrogen-bond acceptors (Lipinski definition) is 3. The normalized spacial score (nSPS) is 15.8. The monoisotopic (exact) mass is 299 g/mol. The van der Waals surface area contributed by atoms with E-state index in [9.17, 15) is 4.79 Å². The van der Waals surface area contributed by atoms with Gasteiger partial charge in [-0.05, 0) is 24.3 Å². The molecule has 0 saturated carbocycles. The Kier molecular flexibility index (Phi) is 7.59. The Balaban J connectivity index is 0.00000200. The zero-order chi connectivity index (χ0) is 13.5. The first kappa shape index (κ1) is 17.0. The van der Waals surface area contributed by atoms with Gasteiger partial charge in [-0.3, -0.25) is 9.69 Å². The van der Waals surface area contributed by atoms with Crippen LogP contribution in [0.5, 0.6) is 0 Å². The number of halogens is 1. The Morgan fingerprint density at radius 3 is 2.50 bits per heavy atom. The molecule has 0 amide bonds. The van der Waals surface area contributed by atoms with Crippen LogP contribution in [0.1, 0.15) is 18.4 Å². The summed E-state index contributed by atoms with van der Waals surface area (Å²) in [5, 5.41) is 9.03. The van der Waals surface area contributed by atoms with E-state index < -0.39 is 5.97 Å². The highest BCUT2D eigenvalue weighted by Crippen LogP contribution is 2.17. The SMILES string of the molecule is Cl.O=C(O)CN(Cc1ccccc1)CC1CCOCC1. The van der Waals surface area contributed by atoms with Gasteiger partial charge in [0.1, 0.15) is 0 Å². The van der Waals surface area contributed by atoms with E-state index in [4.69, 9.17) is 9.84 Å². The molecule has 0 aliphatic carbocycles. The Morgan fingerprint density at radius 2 is 1.90 bits per heavy atom. The highest BCUT2D eigenvalue weighted by Gasteiger charge is 2.19. The number of carboxylic acid groups (broad SMARTS) is 1. The Hall–Kier alpha value is -1.10. The first-order chi connectivity index (χ1) is 9.24. The predicted molar refractivity (Wildman–Crippen MR) is 80.1 cm³/mol. The minimum absolute atomic E-state index is 0. The highest BCUT2D eigenvalue weighted by atomic mass is 35.5. The summed E-state index contributed by atoms with van der Waals surface area (Å²) in [5.74, 6) is -0.209. The molecular formula is C15H22ClNO3. The van der Waals surface area contributed by atoms with E-state index in [2.05, 4.69) is 0 Å². The molecular weight excluding hydrogens is 278 g/mol. The third kappa shape index (κ3) is 5.90. The quantitative estimate of drug-likeness (QED) is 0.876. The molecule has 0 atom stereocenters. The molecule has 1 aliphatic rings. The Bertz CT molecular complexity index is 393. The molecule has 20 heavy (non-hydrogen) atoms. The van der Waals surface area contributed by atoms with Crippen LogP contribution >= 0.6 is 12.4 Å². The number of carboxylic acids is 1. The van der Waals surface area contributed by atoms with Crippen molar-refractivity contribution in [2.24, 2.45) is 5.92 Å². The smallest absolute Gasteiger partial charge is 0.317 e. The van der Waals surface area contributed by atoms with Crippen molar-refractivity contribution in [2.45, 2.75) is 19.4 Å². The molecule has 4 nitrogen and oxygen atoms in total. The third-order valence-corrected chi connectivity index (χ3v) is 3.47. The van der Waals surface area contributed by atoms with Gasteiger partial charge in [-0.15, -0.1) is 12.4 Å². The summed E-state index contributed by atoms with van der Waals surface area (Å²) >= 11 is 0. The molecule has 0 spiro atoms. The van der Waals surface area contributed by atoms with Crippen LogP contribution in [0.4, 0.5) is 0 Å². The molecule has 112 valence electrons. The van der Waals surface area contributed by atoms with Crippen molar-refractivity contribution >= 4 is 18.4 Å². The van der Waals surface area contributed by atoms with Gasteiger partial charge in [-0.25, -0.2) is 0 Å². The van der Waals surface area contributed by atoms with E-state index in [-0.39, 0.29) is 19.0 Å². The van der Waals surface area contributed by atoms with E-state index in [0.29, 0.717) is 12.5 Å². The number of benzene rings is 1. The Labute approximate surface area is 126 Å². The second-order valence-electron chi connectivity index (χ2n) is 5.10. The van der Waals surface area contributed by atoms with Crippen molar-refractivity contribution in [2.75, 3.05) is 26.3 Å². The largest absolute Gasteiger partial charge is 0.480 e. The van der Waals surface area contributed by atoms with Crippen LogP contribution in [0.25, 0.3) is 0 Å². The Morgan fingerprint density at radius 1 is 1.25 bits per heavy atom. The van der Waals surface area contributed by atoms with Gasteiger partial charge in [0.15, 0.2) is 0 Å². The summed E-state index contributed by atoms with van der Waals surface area (Å²) in [6.45, 7) is 3.25. The highest BCUT2D eigenvalue weighted by molar-refractivity contribution is 5.85. The van der Waals surface area contributed by atoms with Crippen molar-refractivity contribution in [3.8, 4) is 0 Å². The van der Waals surface area contributed by atoms with E-state index in [1.807, 2.05) is 35.2 Å². The molecule has 0 bridgehead atoms. The lowest BCUT2D eigenvalue weighted by Crippen LogP contribution is -2.35. The number of hydrogen-bond donors (Lipinski definition) is 1. The number of carbonyl (C=O) groups is 1. The van der Waals surface area contributed by atoms with Crippen LogP contribution in [-0.4, -0.2) is 42.3 Å². The maximum Gasteiger partial charge on any atom is 0.317 e. The molecule has 0 unspecified atom stereocenters. The molecule has 1 aromatic rings. The summed E-state index contributed by atoms with van der Waals surface area (Å²) in [6, 6.07) is 10.0. The van der Waals surface area contributed by atoms with Gasteiger partial charge >= 0.3 is 5.97 Å². The van der Waals surface area contributed by atoms with Gasteiger partial charge in [-0.2, -0.15) is 0 Å². The zero-order valence-corrected chi connectivity index (χ0v) is 12.3. The summed E-state index contributed by atoms with van der Waals surface area (Å²) in [7, 11) is 0. The molecule has 1 N–H and O–H groups in total. The molecule has 1 heterocycles.